The molecule has 4 heteroatoms. The maximum absolute atomic E-state index is 6.14. The van der Waals surface area contributed by atoms with Crippen LogP contribution in [0.2, 0.25) is 0 Å². The van der Waals surface area contributed by atoms with E-state index >= 15 is 0 Å². The third-order valence-electron chi connectivity index (χ3n) is 4.69. The first-order chi connectivity index (χ1) is 9.42. The number of methoxy groups -OCH3 is 2. The molecule has 2 aliphatic rings. The Morgan fingerprint density at radius 3 is 2.20 bits per heavy atom. The molecule has 1 fully saturated rings. The molecule has 4 nitrogen and oxygen atoms in total. The number of ether oxygens (including phenoxy) is 3. The third-order valence-corrected chi connectivity index (χ3v) is 4.69. The van der Waals surface area contributed by atoms with Gasteiger partial charge >= 0.3 is 0 Å². The maximum atomic E-state index is 6.14. The van der Waals surface area contributed by atoms with Gasteiger partial charge in [-0.25, -0.2) is 0 Å². The lowest BCUT2D eigenvalue weighted by Gasteiger charge is -2.41. The van der Waals surface area contributed by atoms with Crippen molar-refractivity contribution in [3.8, 4) is 0 Å². The number of hydrogen-bond acceptors (Lipinski definition) is 4. The number of allylic oxidation sites excluding steroid dienone is 3. The molecule has 0 aromatic carbocycles. The first-order valence-electron chi connectivity index (χ1n) is 7.28. The zero-order chi connectivity index (χ0) is 15.0. The summed E-state index contributed by atoms with van der Waals surface area (Å²) in [5.41, 5.74) is 3.91. The standard InChI is InChI=1S/C16H27NO3/c1-9-8-10(2)17(12(4)11(9)3)16-15(19-7)14(18-6)13(5)20-16/h8,10,13-16H,1-7H3/t10?,13-,14?,15?,16-/m0/s1. The van der Waals surface area contributed by atoms with E-state index in [0.29, 0.717) is 6.04 Å². The highest BCUT2D eigenvalue weighted by Gasteiger charge is 2.47. The number of hydrogen-bond donors (Lipinski definition) is 0. The van der Waals surface area contributed by atoms with E-state index in [0.717, 1.165) is 0 Å². The number of nitrogens with zero attached hydrogens (tertiary/aromatic N) is 1. The van der Waals surface area contributed by atoms with E-state index in [-0.39, 0.29) is 24.5 Å². The summed E-state index contributed by atoms with van der Waals surface area (Å²) in [6, 6.07) is 0.296. The summed E-state index contributed by atoms with van der Waals surface area (Å²) in [6.07, 6.45) is 2.10. The summed E-state index contributed by atoms with van der Waals surface area (Å²) in [4.78, 5) is 2.31. The molecule has 0 aliphatic carbocycles. The third kappa shape index (κ3) is 2.41. The minimum Gasteiger partial charge on any atom is -0.376 e. The summed E-state index contributed by atoms with van der Waals surface area (Å²) in [5.74, 6) is 0. The van der Waals surface area contributed by atoms with Crippen LogP contribution >= 0.6 is 0 Å². The highest BCUT2D eigenvalue weighted by molar-refractivity contribution is 5.36. The van der Waals surface area contributed by atoms with Crippen LogP contribution in [0.25, 0.3) is 0 Å². The van der Waals surface area contributed by atoms with Gasteiger partial charge < -0.3 is 19.1 Å². The molecular formula is C16H27NO3. The van der Waals surface area contributed by atoms with Crippen LogP contribution in [0.3, 0.4) is 0 Å². The van der Waals surface area contributed by atoms with Crippen LogP contribution < -0.4 is 0 Å². The Morgan fingerprint density at radius 2 is 1.65 bits per heavy atom. The van der Waals surface area contributed by atoms with Gasteiger partial charge in [0.15, 0.2) is 6.23 Å². The quantitative estimate of drug-likeness (QED) is 0.796. The lowest BCUT2D eigenvalue weighted by molar-refractivity contribution is -0.0919. The predicted octanol–water partition coefficient (Wildman–Crippen LogP) is 2.71. The highest BCUT2D eigenvalue weighted by Crippen LogP contribution is 2.35. The van der Waals surface area contributed by atoms with Crippen molar-refractivity contribution < 1.29 is 14.2 Å². The van der Waals surface area contributed by atoms with E-state index in [9.17, 15) is 0 Å². The monoisotopic (exact) mass is 281 g/mol. The van der Waals surface area contributed by atoms with E-state index < -0.39 is 0 Å². The zero-order valence-corrected chi connectivity index (χ0v) is 13.6. The lowest BCUT2D eigenvalue weighted by atomic mass is 9.97. The summed E-state index contributed by atoms with van der Waals surface area (Å²) in [7, 11) is 3.45. The summed E-state index contributed by atoms with van der Waals surface area (Å²) in [6.45, 7) is 10.7. The average Bonchev–Trinajstić information content (AvgIpc) is 2.71. The first-order valence-corrected chi connectivity index (χ1v) is 7.28. The molecule has 5 atom stereocenters. The second kappa shape index (κ2) is 5.88. The van der Waals surface area contributed by atoms with Gasteiger partial charge in [0.1, 0.15) is 12.2 Å². The highest BCUT2D eigenvalue weighted by atomic mass is 16.6. The second-order valence-corrected chi connectivity index (χ2v) is 5.84. The molecule has 0 saturated carbocycles. The van der Waals surface area contributed by atoms with Gasteiger partial charge in [-0.3, -0.25) is 0 Å². The van der Waals surface area contributed by atoms with Gasteiger partial charge in [-0.1, -0.05) is 6.08 Å². The fourth-order valence-electron chi connectivity index (χ4n) is 3.38. The molecular weight excluding hydrogens is 254 g/mol. The molecule has 2 aliphatic heterocycles. The van der Waals surface area contributed by atoms with E-state index in [1.165, 1.54) is 16.8 Å². The smallest absolute Gasteiger partial charge is 0.160 e. The fraction of sp³-hybridized carbons (Fsp3) is 0.750. The SMILES string of the molecule is COC1C(OC)[C@@H](N2C(C)=C(C)C(C)=CC2C)O[C@H]1C. The zero-order valence-electron chi connectivity index (χ0n) is 13.6. The Hall–Kier alpha value is -0.840. The van der Waals surface area contributed by atoms with Crippen LogP contribution in [0.15, 0.2) is 22.9 Å². The molecule has 0 spiro atoms. The molecule has 0 aromatic heterocycles. The first kappa shape index (κ1) is 15.5. The van der Waals surface area contributed by atoms with Crippen LogP contribution in [-0.2, 0) is 14.2 Å². The van der Waals surface area contributed by atoms with Crippen molar-refractivity contribution in [2.24, 2.45) is 0 Å². The summed E-state index contributed by atoms with van der Waals surface area (Å²) >= 11 is 0. The van der Waals surface area contributed by atoms with Gasteiger partial charge in [-0.15, -0.1) is 0 Å². The Morgan fingerprint density at radius 1 is 1.05 bits per heavy atom. The molecule has 3 unspecified atom stereocenters. The van der Waals surface area contributed by atoms with Gasteiger partial charge in [0.25, 0.3) is 0 Å². The molecule has 0 radical (unpaired) electrons. The van der Waals surface area contributed by atoms with Crippen molar-refractivity contribution in [2.45, 2.75) is 65.2 Å². The van der Waals surface area contributed by atoms with Crippen molar-refractivity contribution in [1.82, 2.24) is 4.90 Å². The molecule has 2 rings (SSSR count). The van der Waals surface area contributed by atoms with Gasteiger partial charge in [0.05, 0.1) is 6.10 Å². The van der Waals surface area contributed by atoms with Crippen molar-refractivity contribution in [2.75, 3.05) is 14.2 Å². The minimum absolute atomic E-state index is 0.0299. The lowest BCUT2D eigenvalue weighted by Crippen LogP contribution is -2.49. The molecule has 114 valence electrons. The average molecular weight is 281 g/mol. The Bertz CT molecular complexity index is 429. The van der Waals surface area contributed by atoms with E-state index in [1.54, 1.807) is 14.2 Å². The molecule has 0 aromatic rings. The predicted molar refractivity (Wildman–Crippen MR) is 79.4 cm³/mol. The van der Waals surface area contributed by atoms with Gasteiger partial charge in [-0.05, 0) is 45.8 Å². The van der Waals surface area contributed by atoms with Crippen LogP contribution in [-0.4, -0.2) is 49.7 Å². The van der Waals surface area contributed by atoms with Crippen LogP contribution in [0.5, 0.6) is 0 Å². The molecule has 20 heavy (non-hydrogen) atoms. The fourth-order valence-corrected chi connectivity index (χ4v) is 3.38. The molecule has 0 N–H and O–H groups in total. The van der Waals surface area contributed by atoms with Crippen molar-refractivity contribution >= 4 is 0 Å². The van der Waals surface area contributed by atoms with E-state index in [1.807, 2.05) is 6.92 Å². The molecule has 1 saturated heterocycles. The number of rotatable bonds is 3. The molecule has 0 amide bonds. The Balaban J connectivity index is 2.32. The van der Waals surface area contributed by atoms with Crippen LogP contribution in [0.1, 0.15) is 34.6 Å². The van der Waals surface area contributed by atoms with Crippen LogP contribution in [0.4, 0.5) is 0 Å². The van der Waals surface area contributed by atoms with E-state index in [2.05, 4.69) is 38.7 Å². The van der Waals surface area contributed by atoms with E-state index in [4.69, 9.17) is 14.2 Å². The summed E-state index contributed by atoms with van der Waals surface area (Å²) in [5, 5.41) is 0. The minimum atomic E-state index is -0.103. The van der Waals surface area contributed by atoms with Crippen molar-refractivity contribution in [1.29, 1.82) is 0 Å². The van der Waals surface area contributed by atoms with Gasteiger partial charge in [0, 0.05) is 26.0 Å². The second-order valence-electron chi connectivity index (χ2n) is 5.84. The Kier molecular flexibility index (Phi) is 4.57. The molecule has 0 bridgehead atoms. The largest absolute Gasteiger partial charge is 0.376 e. The summed E-state index contributed by atoms with van der Waals surface area (Å²) < 4.78 is 17.4. The van der Waals surface area contributed by atoms with Gasteiger partial charge in [-0.2, -0.15) is 0 Å². The van der Waals surface area contributed by atoms with Gasteiger partial charge in [0.2, 0.25) is 0 Å². The van der Waals surface area contributed by atoms with Crippen molar-refractivity contribution in [3.05, 3.63) is 22.9 Å². The Labute approximate surface area is 122 Å². The van der Waals surface area contributed by atoms with Crippen molar-refractivity contribution in [3.63, 3.8) is 0 Å². The topological polar surface area (TPSA) is 30.9 Å². The van der Waals surface area contributed by atoms with Crippen LogP contribution in [0, 0.1) is 0 Å². The normalized spacial score (nSPS) is 38.5. The maximum Gasteiger partial charge on any atom is 0.160 e. The molecule has 2 heterocycles.